The summed E-state index contributed by atoms with van der Waals surface area (Å²) in [6.07, 6.45) is 1.57. The van der Waals surface area contributed by atoms with Crippen LogP contribution in [0.2, 0.25) is 0 Å². The minimum Gasteiger partial charge on any atom is -0.465 e. The summed E-state index contributed by atoms with van der Waals surface area (Å²) in [6.45, 7) is 0.970. The quantitative estimate of drug-likeness (QED) is 0.744. The molecule has 0 bridgehead atoms. The molecule has 0 amide bonds. The Hall–Kier alpha value is -0.670. The molecule has 2 rings (SSSR count). The van der Waals surface area contributed by atoms with Crippen LogP contribution in [0.1, 0.15) is 23.2 Å². The van der Waals surface area contributed by atoms with Crippen LogP contribution in [0.3, 0.4) is 0 Å². The average Bonchev–Trinajstić information content (AvgIpc) is 2.53. The van der Waals surface area contributed by atoms with Gasteiger partial charge in [0.25, 0.3) is 0 Å². The van der Waals surface area contributed by atoms with E-state index in [1.54, 1.807) is 0 Å². The SMILES string of the molecule is CNC1CCN(S(=O)(=O)c2ccc(C(=O)OC)cc2Br)CC1.Cl. The fourth-order valence-electron chi connectivity index (χ4n) is 2.48. The molecule has 1 aromatic carbocycles. The third-order valence-corrected chi connectivity index (χ3v) is 6.71. The van der Waals surface area contributed by atoms with Crippen LogP contribution in [0.25, 0.3) is 0 Å². The molecule has 9 heteroatoms. The van der Waals surface area contributed by atoms with Crippen LogP contribution in [-0.2, 0) is 14.8 Å². The number of hydrogen-bond acceptors (Lipinski definition) is 5. The predicted molar refractivity (Wildman–Crippen MR) is 93.6 cm³/mol. The zero-order chi connectivity index (χ0) is 16.3. The molecular formula is C14H20BrClN2O4S. The van der Waals surface area contributed by atoms with E-state index < -0.39 is 16.0 Å². The molecule has 1 saturated heterocycles. The lowest BCUT2D eigenvalue weighted by molar-refractivity contribution is 0.0600. The van der Waals surface area contributed by atoms with E-state index in [1.807, 2.05) is 7.05 Å². The average molecular weight is 428 g/mol. The Kier molecular flexibility index (Phi) is 7.47. The van der Waals surface area contributed by atoms with E-state index in [1.165, 1.54) is 29.6 Å². The van der Waals surface area contributed by atoms with Gasteiger partial charge in [-0.1, -0.05) is 0 Å². The van der Waals surface area contributed by atoms with E-state index in [0.29, 0.717) is 29.2 Å². The van der Waals surface area contributed by atoms with Gasteiger partial charge < -0.3 is 10.1 Å². The molecule has 1 aromatic rings. The highest BCUT2D eigenvalue weighted by Crippen LogP contribution is 2.28. The first-order valence-corrected chi connectivity index (χ1v) is 9.18. The molecule has 23 heavy (non-hydrogen) atoms. The van der Waals surface area contributed by atoms with Gasteiger partial charge in [-0.25, -0.2) is 13.2 Å². The predicted octanol–water partition coefficient (Wildman–Crippen LogP) is 2.03. The summed E-state index contributed by atoms with van der Waals surface area (Å²) in [6, 6.07) is 4.73. The molecule has 6 nitrogen and oxygen atoms in total. The molecule has 1 heterocycles. The first-order chi connectivity index (χ1) is 10.4. The summed E-state index contributed by atoms with van der Waals surface area (Å²) >= 11 is 3.25. The molecule has 130 valence electrons. The van der Waals surface area contributed by atoms with Gasteiger partial charge in [-0.05, 0) is 54.0 Å². The summed E-state index contributed by atoms with van der Waals surface area (Å²) in [5.41, 5.74) is 0.308. The van der Waals surface area contributed by atoms with E-state index in [9.17, 15) is 13.2 Å². The van der Waals surface area contributed by atoms with Crippen LogP contribution in [0.5, 0.6) is 0 Å². The maximum atomic E-state index is 12.7. The van der Waals surface area contributed by atoms with Crippen LogP contribution in [0.4, 0.5) is 0 Å². The molecule has 0 spiro atoms. The molecule has 0 atom stereocenters. The van der Waals surface area contributed by atoms with E-state index in [-0.39, 0.29) is 17.3 Å². The smallest absolute Gasteiger partial charge is 0.337 e. The van der Waals surface area contributed by atoms with Crippen molar-refractivity contribution in [1.82, 2.24) is 9.62 Å². The van der Waals surface area contributed by atoms with Gasteiger partial charge in [0.2, 0.25) is 10.0 Å². The van der Waals surface area contributed by atoms with Gasteiger partial charge in [-0.2, -0.15) is 4.31 Å². The van der Waals surface area contributed by atoms with E-state index >= 15 is 0 Å². The number of nitrogens with zero attached hydrogens (tertiary/aromatic N) is 1. The minimum atomic E-state index is -3.57. The molecule has 0 unspecified atom stereocenters. The number of piperidine rings is 1. The number of halogens is 2. The molecule has 0 aromatic heterocycles. The second-order valence-electron chi connectivity index (χ2n) is 5.10. The lowest BCUT2D eigenvalue weighted by atomic mass is 10.1. The van der Waals surface area contributed by atoms with E-state index in [0.717, 1.165) is 12.8 Å². The van der Waals surface area contributed by atoms with Crippen molar-refractivity contribution in [3.8, 4) is 0 Å². The second kappa shape index (κ2) is 8.43. The van der Waals surface area contributed by atoms with Crippen molar-refractivity contribution >= 4 is 44.3 Å². The third-order valence-electron chi connectivity index (χ3n) is 3.83. The van der Waals surface area contributed by atoms with Gasteiger partial charge in [-0.15, -0.1) is 12.4 Å². The maximum absolute atomic E-state index is 12.7. The second-order valence-corrected chi connectivity index (χ2v) is 7.86. The molecule has 1 aliphatic rings. The van der Waals surface area contributed by atoms with E-state index in [4.69, 9.17) is 0 Å². The van der Waals surface area contributed by atoms with Crippen LogP contribution >= 0.6 is 28.3 Å². The molecular weight excluding hydrogens is 408 g/mol. The first-order valence-electron chi connectivity index (χ1n) is 6.95. The number of carbonyl (C=O) groups is 1. The van der Waals surface area contributed by atoms with Crippen molar-refractivity contribution in [2.75, 3.05) is 27.2 Å². The highest BCUT2D eigenvalue weighted by Gasteiger charge is 2.30. The van der Waals surface area contributed by atoms with Crippen molar-refractivity contribution in [2.24, 2.45) is 0 Å². The van der Waals surface area contributed by atoms with Gasteiger partial charge in [0.15, 0.2) is 0 Å². The maximum Gasteiger partial charge on any atom is 0.337 e. The van der Waals surface area contributed by atoms with Crippen LogP contribution < -0.4 is 5.32 Å². The summed E-state index contributed by atoms with van der Waals surface area (Å²) < 4.78 is 31.9. The van der Waals surface area contributed by atoms with Crippen LogP contribution in [0, 0.1) is 0 Å². The first kappa shape index (κ1) is 20.4. The van der Waals surface area contributed by atoms with Crippen molar-refractivity contribution in [3.63, 3.8) is 0 Å². The number of rotatable bonds is 4. The van der Waals surface area contributed by atoms with Crippen molar-refractivity contribution in [1.29, 1.82) is 0 Å². The summed E-state index contributed by atoms with van der Waals surface area (Å²) in [5.74, 6) is -0.500. The van der Waals surface area contributed by atoms with Crippen LogP contribution in [-0.4, -0.2) is 52.0 Å². The van der Waals surface area contributed by atoms with Crippen molar-refractivity contribution in [3.05, 3.63) is 28.2 Å². The summed E-state index contributed by atoms with van der Waals surface area (Å²) in [4.78, 5) is 11.7. The Morgan fingerprint density at radius 2 is 1.96 bits per heavy atom. The Morgan fingerprint density at radius 1 is 1.35 bits per heavy atom. The standard InChI is InChI=1S/C14H19BrN2O4S.ClH/c1-16-11-5-7-17(8-6-11)22(19,20)13-4-3-10(9-12(13)15)14(18)21-2;/h3-4,9,11,16H,5-8H2,1-2H3;1H. The Balaban J connectivity index is 0.00000264. The summed E-state index contributed by atoms with van der Waals surface area (Å²) in [7, 11) is -0.397. The van der Waals surface area contributed by atoms with E-state index in [2.05, 4.69) is 26.0 Å². The Labute approximate surface area is 151 Å². The number of nitrogens with one attached hydrogen (secondary N) is 1. The monoisotopic (exact) mass is 426 g/mol. The number of sulfonamides is 1. The minimum absolute atomic E-state index is 0. The molecule has 1 fully saturated rings. The topological polar surface area (TPSA) is 75.7 Å². The normalized spacial score (nSPS) is 16.7. The third kappa shape index (κ3) is 4.45. The number of methoxy groups -OCH3 is 1. The number of carbonyl (C=O) groups excluding carboxylic acids is 1. The largest absolute Gasteiger partial charge is 0.465 e. The number of esters is 1. The Bertz CT molecular complexity index is 661. The fourth-order valence-corrected chi connectivity index (χ4v) is 4.99. The Morgan fingerprint density at radius 3 is 2.43 bits per heavy atom. The zero-order valence-corrected chi connectivity index (χ0v) is 16.1. The van der Waals surface area contributed by atoms with Crippen molar-refractivity contribution in [2.45, 2.75) is 23.8 Å². The van der Waals surface area contributed by atoms with Crippen LogP contribution in [0.15, 0.2) is 27.6 Å². The lowest BCUT2D eigenvalue weighted by Gasteiger charge is -2.31. The number of hydrogen-bond donors (Lipinski definition) is 1. The molecule has 0 radical (unpaired) electrons. The van der Waals surface area contributed by atoms with Gasteiger partial charge in [-0.3, -0.25) is 0 Å². The molecule has 1 aliphatic heterocycles. The number of ether oxygens (including phenoxy) is 1. The summed E-state index contributed by atoms with van der Waals surface area (Å²) in [5, 5.41) is 3.17. The number of benzene rings is 1. The lowest BCUT2D eigenvalue weighted by Crippen LogP contribution is -2.43. The highest BCUT2D eigenvalue weighted by molar-refractivity contribution is 9.10. The van der Waals surface area contributed by atoms with Gasteiger partial charge in [0.1, 0.15) is 0 Å². The molecule has 0 saturated carbocycles. The zero-order valence-electron chi connectivity index (χ0n) is 12.9. The van der Waals surface area contributed by atoms with Gasteiger partial charge >= 0.3 is 5.97 Å². The highest BCUT2D eigenvalue weighted by atomic mass is 79.9. The molecule has 1 N–H and O–H groups in total. The fraction of sp³-hybridized carbons (Fsp3) is 0.500. The van der Waals surface area contributed by atoms with Gasteiger partial charge in [0.05, 0.1) is 17.6 Å². The van der Waals surface area contributed by atoms with Crippen molar-refractivity contribution < 1.29 is 17.9 Å². The molecule has 0 aliphatic carbocycles. The van der Waals surface area contributed by atoms with Gasteiger partial charge in [0, 0.05) is 23.6 Å².